The minimum Gasteiger partial charge on any atom is -0.497 e. The lowest BCUT2D eigenvalue weighted by molar-refractivity contribution is 0.394. The molecule has 8 heteroatoms. The molecule has 0 saturated heterocycles. The van der Waals surface area contributed by atoms with Gasteiger partial charge in [0.1, 0.15) is 17.0 Å². The van der Waals surface area contributed by atoms with E-state index in [1.807, 2.05) is 31.2 Å². The van der Waals surface area contributed by atoms with Gasteiger partial charge in [-0.05, 0) is 31.2 Å². The first-order valence-electron chi connectivity index (χ1n) is 8.32. The van der Waals surface area contributed by atoms with Crippen molar-refractivity contribution in [1.82, 2.24) is 20.2 Å². The van der Waals surface area contributed by atoms with Crippen molar-refractivity contribution in [2.24, 2.45) is 5.10 Å². The quantitative estimate of drug-likeness (QED) is 0.418. The van der Waals surface area contributed by atoms with Crippen molar-refractivity contribution in [1.29, 1.82) is 0 Å². The predicted molar refractivity (Wildman–Crippen MR) is 105 cm³/mol. The number of anilines is 1. The Morgan fingerprint density at radius 1 is 1.07 bits per heavy atom. The van der Waals surface area contributed by atoms with E-state index in [1.54, 1.807) is 26.5 Å². The van der Waals surface area contributed by atoms with Gasteiger partial charge in [0, 0.05) is 22.5 Å². The van der Waals surface area contributed by atoms with Gasteiger partial charge in [0.15, 0.2) is 5.65 Å². The van der Waals surface area contributed by atoms with Gasteiger partial charge in [-0.15, -0.1) is 10.2 Å². The van der Waals surface area contributed by atoms with Crippen LogP contribution in [0.3, 0.4) is 0 Å². The molecule has 0 radical (unpaired) electrons. The highest BCUT2D eigenvalue weighted by Crippen LogP contribution is 2.24. The fraction of sp³-hybridized carbons (Fsp3) is 0.158. The molecule has 2 aromatic carbocycles. The number of aromatic nitrogens is 4. The van der Waals surface area contributed by atoms with Gasteiger partial charge in [-0.2, -0.15) is 10.1 Å². The van der Waals surface area contributed by atoms with E-state index in [0.29, 0.717) is 23.1 Å². The van der Waals surface area contributed by atoms with Gasteiger partial charge >= 0.3 is 0 Å². The van der Waals surface area contributed by atoms with E-state index in [9.17, 15) is 0 Å². The van der Waals surface area contributed by atoms with Gasteiger partial charge in [0.05, 0.1) is 20.4 Å². The number of ether oxygens (including phenoxy) is 2. The van der Waals surface area contributed by atoms with Gasteiger partial charge in [-0.3, -0.25) is 0 Å². The van der Waals surface area contributed by atoms with Crippen LogP contribution in [-0.4, -0.2) is 40.6 Å². The van der Waals surface area contributed by atoms with Crippen LogP contribution in [0.5, 0.6) is 11.5 Å². The normalized spacial score (nSPS) is 11.4. The predicted octanol–water partition coefficient (Wildman–Crippen LogP) is 3.28. The van der Waals surface area contributed by atoms with Gasteiger partial charge < -0.3 is 14.5 Å². The summed E-state index contributed by atoms with van der Waals surface area (Å²) in [6.07, 6.45) is 1.63. The number of aryl methyl sites for hydroxylation is 1. The van der Waals surface area contributed by atoms with Crippen molar-refractivity contribution < 1.29 is 9.47 Å². The number of nitrogens with zero attached hydrogens (tertiary/aromatic N) is 4. The van der Waals surface area contributed by atoms with Crippen molar-refractivity contribution in [2.75, 3.05) is 19.6 Å². The fourth-order valence-corrected chi connectivity index (χ4v) is 2.82. The molecule has 8 nitrogen and oxygen atoms in total. The Labute approximate surface area is 155 Å². The lowest BCUT2D eigenvalue weighted by atomic mass is 10.2. The van der Waals surface area contributed by atoms with E-state index >= 15 is 0 Å². The average Bonchev–Trinajstić information content (AvgIpc) is 3.05. The van der Waals surface area contributed by atoms with E-state index in [0.717, 1.165) is 27.5 Å². The second-order valence-corrected chi connectivity index (χ2v) is 5.98. The maximum atomic E-state index is 5.34. The van der Waals surface area contributed by atoms with Crippen LogP contribution in [0.1, 0.15) is 11.1 Å². The molecule has 0 bridgehead atoms. The highest BCUT2D eigenvalue weighted by molar-refractivity contribution is 6.03. The highest BCUT2D eigenvalue weighted by Gasteiger charge is 2.09. The summed E-state index contributed by atoms with van der Waals surface area (Å²) in [6, 6.07) is 11.6. The molecule has 0 fully saturated rings. The monoisotopic (exact) mass is 362 g/mol. The number of hydrazone groups is 1. The Balaban J connectivity index is 1.58. The molecule has 2 heterocycles. The van der Waals surface area contributed by atoms with Crippen LogP contribution in [0, 0.1) is 6.92 Å². The third-order valence-electron chi connectivity index (χ3n) is 4.18. The Morgan fingerprint density at radius 2 is 1.96 bits per heavy atom. The van der Waals surface area contributed by atoms with Crippen molar-refractivity contribution in [3.8, 4) is 11.5 Å². The molecule has 0 spiro atoms. The number of nitrogens with one attached hydrogen (secondary N) is 2. The van der Waals surface area contributed by atoms with Crippen molar-refractivity contribution in [2.45, 2.75) is 6.92 Å². The second kappa shape index (κ2) is 6.91. The zero-order valence-electron chi connectivity index (χ0n) is 15.1. The van der Waals surface area contributed by atoms with Crippen molar-refractivity contribution >= 4 is 34.2 Å². The minimum atomic E-state index is 0.300. The molecule has 0 amide bonds. The number of rotatable bonds is 5. The summed E-state index contributed by atoms with van der Waals surface area (Å²) in [5, 5.41) is 13.6. The minimum absolute atomic E-state index is 0.300. The van der Waals surface area contributed by atoms with Gasteiger partial charge in [-0.1, -0.05) is 11.6 Å². The second-order valence-electron chi connectivity index (χ2n) is 5.98. The molecule has 136 valence electrons. The first-order chi connectivity index (χ1) is 13.2. The standard InChI is InChI=1S/C19H18N6O2/c1-11-4-7-15-14(8-11)17-18(21-15)22-19(25-23-17)24-20-10-12-5-6-13(26-2)9-16(12)27-3/h4-10H,1-3H3,(H2,21,22,24,25)/b20-10-. The number of hydrogen-bond acceptors (Lipinski definition) is 7. The lowest BCUT2D eigenvalue weighted by Gasteiger charge is -2.06. The Bertz CT molecular complexity index is 1150. The van der Waals surface area contributed by atoms with Crippen LogP contribution in [0.4, 0.5) is 5.95 Å². The highest BCUT2D eigenvalue weighted by atomic mass is 16.5. The molecule has 0 aliphatic rings. The molecule has 2 N–H and O–H groups in total. The Kier molecular flexibility index (Phi) is 4.29. The summed E-state index contributed by atoms with van der Waals surface area (Å²) >= 11 is 0. The molecule has 2 aromatic heterocycles. The summed E-state index contributed by atoms with van der Waals surface area (Å²) in [6.45, 7) is 2.04. The molecular formula is C19H18N6O2. The van der Waals surface area contributed by atoms with E-state index < -0.39 is 0 Å². The maximum Gasteiger partial charge on any atom is 0.265 e. The zero-order chi connectivity index (χ0) is 18.8. The number of aromatic amines is 1. The number of benzene rings is 2. The van der Waals surface area contributed by atoms with Gasteiger partial charge in [0.25, 0.3) is 5.95 Å². The van der Waals surface area contributed by atoms with E-state index in [2.05, 4.69) is 36.8 Å². The first-order valence-corrected chi connectivity index (χ1v) is 8.32. The molecule has 4 rings (SSSR count). The van der Waals surface area contributed by atoms with Gasteiger partial charge in [0.2, 0.25) is 0 Å². The Hall–Kier alpha value is -3.68. The SMILES string of the molecule is COc1ccc(/C=N\Nc2nnc3c(n2)[nH]c2ccc(C)cc23)c(OC)c1. The molecular weight excluding hydrogens is 344 g/mol. The molecule has 0 saturated carbocycles. The molecule has 0 aliphatic heterocycles. The molecule has 4 aromatic rings. The van der Waals surface area contributed by atoms with Crippen LogP contribution >= 0.6 is 0 Å². The van der Waals surface area contributed by atoms with E-state index in [4.69, 9.17) is 9.47 Å². The number of methoxy groups -OCH3 is 2. The smallest absolute Gasteiger partial charge is 0.265 e. The summed E-state index contributed by atoms with van der Waals surface area (Å²) < 4.78 is 10.5. The number of fused-ring (bicyclic) bond motifs is 3. The molecule has 27 heavy (non-hydrogen) atoms. The van der Waals surface area contributed by atoms with E-state index in [-0.39, 0.29) is 0 Å². The third-order valence-corrected chi connectivity index (χ3v) is 4.18. The maximum absolute atomic E-state index is 5.34. The van der Waals surface area contributed by atoms with Crippen molar-refractivity contribution in [3.05, 3.63) is 47.5 Å². The number of hydrogen-bond donors (Lipinski definition) is 2. The summed E-state index contributed by atoms with van der Waals surface area (Å²) in [7, 11) is 3.20. The molecule has 0 aliphatic carbocycles. The Morgan fingerprint density at radius 3 is 2.78 bits per heavy atom. The molecule has 0 unspecified atom stereocenters. The summed E-state index contributed by atoms with van der Waals surface area (Å²) in [4.78, 5) is 7.68. The lowest BCUT2D eigenvalue weighted by Crippen LogP contribution is -1.99. The van der Waals surface area contributed by atoms with Crippen LogP contribution in [0.15, 0.2) is 41.5 Å². The van der Waals surface area contributed by atoms with E-state index in [1.165, 1.54) is 0 Å². The third kappa shape index (κ3) is 3.24. The largest absolute Gasteiger partial charge is 0.497 e. The summed E-state index contributed by atoms with van der Waals surface area (Å²) in [5.74, 6) is 1.67. The topological polar surface area (TPSA) is 97.3 Å². The van der Waals surface area contributed by atoms with Crippen LogP contribution < -0.4 is 14.9 Å². The van der Waals surface area contributed by atoms with Crippen LogP contribution in [0.2, 0.25) is 0 Å². The van der Waals surface area contributed by atoms with Crippen LogP contribution in [0.25, 0.3) is 22.1 Å². The molecule has 0 atom stereocenters. The summed E-state index contributed by atoms with van der Waals surface area (Å²) in [5.41, 5.74) is 7.12. The first kappa shape index (κ1) is 16.8. The average molecular weight is 362 g/mol. The van der Waals surface area contributed by atoms with Crippen LogP contribution in [-0.2, 0) is 0 Å². The van der Waals surface area contributed by atoms with Crippen molar-refractivity contribution in [3.63, 3.8) is 0 Å². The van der Waals surface area contributed by atoms with Gasteiger partial charge in [-0.25, -0.2) is 5.43 Å². The zero-order valence-corrected chi connectivity index (χ0v) is 15.1. The number of H-pyrrole nitrogens is 1. The fourth-order valence-electron chi connectivity index (χ4n) is 2.82.